The van der Waals surface area contributed by atoms with Crippen LogP contribution in [-0.4, -0.2) is 37.3 Å². The topological polar surface area (TPSA) is 140 Å². The standard InChI is InChI=1S/C21H22N2O8S/c1-28-19-14-15(5-11-20(24)29-12-2-3-13-30-23(26)27)4-10-18(19)31-21(25)16-6-8-17(32-22)9-7-16/h4-11,14H,2-3,12-13,22H2,1H3/b11-5+. The van der Waals surface area contributed by atoms with Gasteiger partial charge in [-0.1, -0.05) is 6.07 Å². The largest absolute Gasteiger partial charge is 0.493 e. The van der Waals surface area contributed by atoms with Gasteiger partial charge in [0.25, 0.3) is 5.09 Å². The molecule has 0 radical (unpaired) electrons. The van der Waals surface area contributed by atoms with Crippen molar-refractivity contribution in [1.82, 2.24) is 0 Å². The van der Waals surface area contributed by atoms with Crippen LogP contribution in [0.4, 0.5) is 0 Å². The second-order valence-electron chi connectivity index (χ2n) is 6.21. The molecular weight excluding hydrogens is 440 g/mol. The molecule has 2 rings (SSSR count). The van der Waals surface area contributed by atoms with Gasteiger partial charge in [-0.3, -0.25) is 5.14 Å². The second kappa shape index (κ2) is 13.0. The SMILES string of the molecule is COc1cc(/C=C/C(=O)OCCCCO[N+](=O)[O-])ccc1OC(=O)c1ccc(SN)cc1. The Kier molecular flexibility index (Phi) is 10.0. The summed E-state index contributed by atoms with van der Waals surface area (Å²) < 4.78 is 15.7. The molecule has 0 aliphatic carbocycles. The first-order chi connectivity index (χ1) is 15.4. The van der Waals surface area contributed by atoms with Crippen LogP contribution in [0.5, 0.6) is 11.5 Å². The molecule has 170 valence electrons. The molecule has 0 aliphatic heterocycles. The summed E-state index contributed by atoms with van der Waals surface area (Å²) >= 11 is 1.08. The minimum absolute atomic E-state index is 0.0464. The van der Waals surface area contributed by atoms with Gasteiger partial charge in [0.05, 0.1) is 25.9 Å². The van der Waals surface area contributed by atoms with Crippen molar-refractivity contribution in [1.29, 1.82) is 0 Å². The molecule has 32 heavy (non-hydrogen) atoms. The van der Waals surface area contributed by atoms with Gasteiger partial charge in [0, 0.05) is 11.0 Å². The molecule has 0 aromatic heterocycles. The first-order valence-electron chi connectivity index (χ1n) is 9.42. The Morgan fingerprint density at radius 1 is 1.09 bits per heavy atom. The third kappa shape index (κ3) is 8.28. The number of esters is 2. The van der Waals surface area contributed by atoms with Gasteiger partial charge >= 0.3 is 11.9 Å². The fraction of sp³-hybridized carbons (Fsp3) is 0.238. The highest BCUT2D eigenvalue weighted by Gasteiger charge is 2.13. The van der Waals surface area contributed by atoms with E-state index in [2.05, 4.69) is 4.84 Å². The minimum Gasteiger partial charge on any atom is -0.493 e. The first kappa shape index (κ1) is 24.7. The monoisotopic (exact) mass is 462 g/mol. The Bertz CT molecular complexity index is 963. The fourth-order valence-electron chi connectivity index (χ4n) is 2.43. The Hall–Kier alpha value is -3.57. The number of benzene rings is 2. The highest BCUT2D eigenvalue weighted by atomic mass is 32.2. The van der Waals surface area contributed by atoms with Gasteiger partial charge in [0.15, 0.2) is 11.5 Å². The lowest BCUT2D eigenvalue weighted by molar-refractivity contribution is -0.757. The minimum atomic E-state index is -0.867. The number of nitrogens with two attached hydrogens (primary N) is 1. The third-order valence-electron chi connectivity index (χ3n) is 4.01. The Balaban J connectivity index is 1.89. The first-order valence-corrected chi connectivity index (χ1v) is 10.3. The van der Waals surface area contributed by atoms with Crippen LogP contribution in [0.3, 0.4) is 0 Å². The lowest BCUT2D eigenvalue weighted by Crippen LogP contribution is -2.09. The molecule has 0 bridgehead atoms. The number of hydrogen-bond acceptors (Lipinski definition) is 10. The van der Waals surface area contributed by atoms with E-state index in [1.807, 2.05) is 0 Å². The van der Waals surface area contributed by atoms with Gasteiger partial charge in [-0.2, -0.15) is 0 Å². The van der Waals surface area contributed by atoms with Crippen LogP contribution in [0.25, 0.3) is 6.08 Å². The highest BCUT2D eigenvalue weighted by Crippen LogP contribution is 2.29. The van der Waals surface area contributed by atoms with Crippen LogP contribution in [0, 0.1) is 10.1 Å². The smallest absolute Gasteiger partial charge is 0.343 e. The Morgan fingerprint density at radius 2 is 1.81 bits per heavy atom. The highest BCUT2D eigenvalue weighted by molar-refractivity contribution is 7.97. The van der Waals surface area contributed by atoms with Crippen molar-refractivity contribution in [2.45, 2.75) is 17.7 Å². The molecule has 2 aromatic carbocycles. The predicted octanol–water partition coefficient (Wildman–Crippen LogP) is 3.43. The average Bonchev–Trinajstić information content (AvgIpc) is 2.80. The van der Waals surface area contributed by atoms with E-state index in [1.54, 1.807) is 42.5 Å². The third-order valence-corrected chi connectivity index (χ3v) is 4.55. The van der Waals surface area contributed by atoms with Gasteiger partial charge in [-0.05, 0) is 72.8 Å². The van der Waals surface area contributed by atoms with Crippen LogP contribution in [0.15, 0.2) is 53.4 Å². The summed E-state index contributed by atoms with van der Waals surface area (Å²) in [6.45, 7) is 0.0720. The molecule has 0 unspecified atom stereocenters. The quantitative estimate of drug-likeness (QED) is 0.0948. The Labute approximate surface area is 188 Å². The van der Waals surface area contributed by atoms with Crippen LogP contribution < -0.4 is 14.6 Å². The molecular formula is C21H22N2O8S. The maximum atomic E-state index is 12.3. The number of hydrogen-bond donors (Lipinski definition) is 1. The predicted molar refractivity (Wildman–Crippen MR) is 117 cm³/mol. The number of unbranched alkanes of at least 4 members (excludes halogenated alkanes) is 1. The number of carbonyl (C=O) groups is 2. The molecule has 0 atom stereocenters. The van der Waals surface area contributed by atoms with Crippen molar-refractivity contribution >= 4 is 30.0 Å². The molecule has 0 aliphatic rings. The van der Waals surface area contributed by atoms with Gasteiger partial charge in [-0.25, -0.2) is 9.59 Å². The number of rotatable bonds is 12. The van der Waals surface area contributed by atoms with Crippen LogP contribution in [0.2, 0.25) is 0 Å². The van der Waals surface area contributed by atoms with Crippen molar-refractivity contribution in [3.63, 3.8) is 0 Å². The van der Waals surface area contributed by atoms with E-state index < -0.39 is 17.0 Å². The van der Waals surface area contributed by atoms with Gasteiger partial charge < -0.3 is 19.0 Å². The zero-order valence-corrected chi connectivity index (χ0v) is 18.0. The number of carbonyl (C=O) groups excluding carboxylic acids is 2. The summed E-state index contributed by atoms with van der Waals surface area (Å²) in [4.78, 5) is 39.1. The van der Waals surface area contributed by atoms with E-state index in [0.29, 0.717) is 29.7 Å². The lowest BCUT2D eigenvalue weighted by Gasteiger charge is -2.10. The molecule has 0 amide bonds. The van der Waals surface area contributed by atoms with E-state index in [0.717, 1.165) is 16.8 Å². The number of ether oxygens (including phenoxy) is 3. The van der Waals surface area contributed by atoms with Gasteiger partial charge in [0.2, 0.25) is 0 Å². The molecule has 10 nitrogen and oxygen atoms in total. The van der Waals surface area contributed by atoms with E-state index in [1.165, 1.54) is 19.3 Å². The maximum Gasteiger partial charge on any atom is 0.343 e. The van der Waals surface area contributed by atoms with Crippen molar-refractivity contribution in [3.8, 4) is 11.5 Å². The summed E-state index contributed by atoms with van der Waals surface area (Å²) in [5, 5.41) is 14.6. The van der Waals surface area contributed by atoms with Crippen LogP contribution in [0.1, 0.15) is 28.8 Å². The van der Waals surface area contributed by atoms with Gasteiger partial charge in [-0.15, -0.1) is 10.1 Å². The number of nitrogens with zero attached hydrogens (tertiary/aromatic N) is 1. The zero-order valence-electron chi connectivity index (χ0n) is 17.2. The molecule has 0 saturated heterocycles. The van der Waals surface area contributed by atoms with E-state index in [4.69, 9.17) is 19.3 Å². The normalized spacial score (nSPS) is 10.6. The van der Waals surface area contributed by atoms with E-state index in [9.17, 15) is 19.7 Å². The summed E-state index contributed by atoms with van der Waals surface area (Å²) in [5.74, 6) is -0.568. The summed E-state index contributed by atoms with van der Waals surface area (Å²) in [6.07, 6.45) is 3.60. The van der Waals surface area contributed by atoms with Crippen molar-refractivity contribution in [2.24, 2.45) is 5.14 Å². The van der Waals surface area contributed by atoms with E-state index >= 15 is 0 Å². The molecule has 0 heterocycles. The molecule has 2 N–H and O–H groups in total. The van der Waals surface area contributed by atoms with Crippen molar-refractivity contribution in [3.05, 3.63) is 69.8 Å². The molecule has 0 spiro atoms. The zero-order chi connectivity index (χ0) is 23.3. The molecule has 0 saturated carbocycles. The van der Waals surface area contributed by atoms with Crippen LogP contribution in [-0.2, 0) is 14.4 Å². The summed E-state index contributed by atoms with van der Waals surface area (Å²) in [6, 6.07) is 11.5. The fourth-order valence-corrected chi connectivity index (χ4v) is 2.72. The van der Waals surface area contributed by atoms with Crippen molar-refractivity contribution in [2.75, 3.05) is 20.3 Å². The Morgan fingerprint density at radius 3 is 2.47 bits per heavy atom. The molecule has 11 heteroatoms. The number of methoxy groups -OCH3 is 1. The second-order valence-corrected chi connectivity index (χ2v) is 6.91. The lowest BCUT2D eigenvalue weighted by atomic mass is 10.2. The summed E-state index contributed by atoms with van der Waals surface area (Å²) in [5.41, 5.74) is 0.990. The maximum absolute atomic E-state index is 12.3. The molecule has 2 aromatic rings. The van der Waals surface area contributed by atoms with Crippen LogP contribution >= 0.6 is 11.9 Å². The summed E-state index contributed by atoms with van der Waals surface area (Å²) in [7, 11) is 1.43. The van der Waals surface area contributed by atoms with E-state index in [-0.39, 0.29) is 19.0 Å². The van der Waals surface area contributed by atoms with Crippen molar-refractivity contribution < 1.29 is 33.7 Å². The van der Waals surface area contributed by atoms with Gasteiger partial charge in [0.1, 0.15) is 0 Å². The average molecular weight is 462 g/mol. The molecule has 0 fully saturated rings.